The number of carbonyl (C=O) groups excluding carboxylic acids is 1. The molecule has 0 aliphatic carbocycles. The van der Waals surface area contributed by atoms with Crippen molar-refractivity contribution in [2.75, 3.05) is 13.2 Å². The highest BCUT2D eigenvalue weighted by molar-refractivity contribution is 5.92. The van der Waals surface area contributed by atoms with Crippen LogP contribution >= 0.6 is 0 Å². The number of aromatic nitrogens is 3. The molecule has 1 amide bonds. The fraction of sp³-hybridized carbons (Fsp3) is 0.500. The van der Waals surface area contributed by atoms with Crippen LogP contribution in [0.3, 0.4) is 0 Å². The summed E-state index contributed by atoms with van der Waals surface area (Å²) in [6.07, 6.45) is 7.58. The minimum Gasteiger partial charge on any atom is -0.370 e. The molecule has 0 saturated carbocycles. The topological polar surface area (TPSA) is 61.1 Å². The first-order chi connectivity index (χ1) is 10.7. The third kappa shape index (κ3) is 2.92. The van der Waals surface area contributed by atoms with Gasteiger partial charge in [0.15, 0.2) is 0 Å². The molecule has 1 N–H and O–H groups in total. The van der Waals surface area contributed by atoms with Crippen molar-refractivity contribution < 1.29 is 9.53 Å². The van der Waals surface area contributed by atoms with Gasteiger partial charge in [-0.1, -0.05) is 0 Å². The van der Waals surface area contributed by atoms with Crippen LogP contribution in [0.4, 0.5) is 0 Å². The van der Waals surface area contributed by atoms with Crippen LogP contribution in [0.15, 0.2) is 30.7 Å². The van der Waals surface area contributed by atoms with Crippen molar-refractivity contribution in [2.45, 2.75) is 18.9 Å². The number of imidazole rings is 1. The number of carbonyl (C=O) groups is 1. The van der Waals surface area contributed by atoms with Crippen LogP contribution in [0.5, 0.6) is 0 Å². The Kier molecular flexibility index (Phi) is 4.29. The molecule has 22 heavy (non-hydrogen) atoms. The zero-order valence-electron chi connectivity index (χ0n) is 13.0. The monoisotopic (exact) mass is 302 g/mol. The van der Waals surface area contributed by atoms with Crippen molar-refractivity contribution in [2.24, 2.45) is 20.0 Å². The number of ether oxygens (including phenoxy) is 1. The number of amides is 1. The van der Waals surface area contributed by atoms with Crippen LogP contribution in [0, 0.1) is 5.92 Å². The summed E-state index contributed by atoms with van der Waals surface area (Å²) in [7, 11) is 3.84. The number of hydrogen-bond acceptors (Lipinski definition) is 3. The van der Waals surface area contributed by atoms with E-state index in [1.54, 1.807) is 6.20 Å². The van der Waals surface area contributed by atoms with Crippen LogP contribution in [0.25, 0.3) is 0 Å². The quantitative estimate of drug-likeness (QED) is 0.934. The minimum atomic E-state index is -0.0533. The smallest absolute Gasteiger partial charge is 0.267 e. The molecular weight excluding hydrogens is 280 g/mol. The van der Waals surface area contributed by atoms with Crippen molar-refractivity contribution in [1.82, 2.24) is 19.4 Å². The Bertz CT molecular complexity index is 646. The number of nitrogens with one attached hydrogen (secondary N) is 1. The maximum Gasteiger partial charge on any atom is 0.267 e. The molecule has 6 heteroatoms. The van der Waals surface area contributed by atoms with E-state index < -0.39 is 0 Å². The molecule has 1 fully saturated rings. The van der Waals surface area contributed by atoms with E-state index in [1.807, 2.05) is 47.8 Å². The van der Waals surface area contributed by atoms with E-state index in [2.05, 4.69) is 10.3 Å². The standard InChI is InChI=1S/C16H22N4O2/c1-19-8-3-6-13(19)16(21)18-11-12-5-4-10-22-14(12)15-17-7-9-20(15)2/h3,6-9,12,14H,4-5,10-11H2,1-2H3,(H,18,21)/t12-,14+/m0/s1. The molecule has 1 aliphatic rings. The van der Waals surface area contributed by atoms with Gasteiger partial charge in [0.25, 0.3) is 5.91 Å². The normalized spacial score (nSPS) is 21.7. The van der Waals surface area contributed by atoms with Gasteiger partial charge in [0, 0.05) is 51.8 Å². The first kappa shape index (κ1) is 14.8. The highest BCUT2D eigenvalue weighted by atomic mass is 16.5. The zero-order chi connectivity index (χ0) is 15.5. The molecule has 0 aromatic carbocycles. The lowest BCUT2D eigenvalue weighted by Crippen LogP contribution is -2.36. The van der Waals surface area contributed by atoms with Crippen molar-refractivity contribution in [1.29, 1.82) is 0 Å². The first-order valence-electron chi connectivity index (χ1n) is 7.65. The molecule has 0 bridgehead atoms. The summed E-state index contributed by atoms with van der Waals surface area (Å²) in [4.78, 5) is 16.6. The molecule has 1 aliphatic heterocycles. The fourth-order valence-electron chi connectivity index (χ4n) is 3.00. The Labute approximate surface area is 130 Å². The summed E-state index contributed by atoms with van der Waals surface area (Å²) < 4.78 is 9.73. The molecule has 2 atom stereocenters. The lowest BCUT2D eigenvalue weighted by atomic mass is 9.93. The average Bonchev–Trinajstić information content (AvgIpc) is 3.13. The number of hydrogen-bond donors (Lipinski definition) is 1. The predicted octanol–water partition coefficient (Wildman–Crippen LogP) is 1.66. The number of rotatable bonds is 4. The van der Waals surface area contributed by atoms with Crippen molar-refractivity contribution in [3.05, 3.63) is 42.2 Å². The maximum absolute atomic E-state index is 12.2. The fourth-order valence-corrected chi connectivity index (χ4v) is 3.00. The highest BCUT2D eigenvalue weighted by Gasteiger charge is 2.30. The minimum absolute atomic E-state index is 0.0448. The van der Waals surface area contributed by atoms with Crippen LogP contribution in [0.1, 0.15) is 35.3 Å². The molecule has 2 aromatic rings. The third-order valence-electron chi connectivity index (χ3n) is 4.26. The van der Waals surface area contributed by atoms with Gasteiger partial charge >= 0.3 is 0 Å². The van der Waals surface area contributed by atoms with Crippen LogP contribution < -0.4 is 5.32 Å². The van der Waals surface area contributed by atoms with E-state index in [0.29, 0.717) is 12.2 Å². The molecule has 0 radical (unpaired) electrons. The Balaban J connectivity index is 1.66. The second-order valence-electron chi connectivity index (χ2n) is 5.80. The molecule has 1 saturated heterocycles. The summed E-state index contributed by atoms with van der Waals surface area (Å²) in [5.74, 6) is 1.13. The van der Waals surface area contributed by atoms with Gasteiger partial charge in [-0.25, -0.2) is 4.98 Å². The largest absolute Gasteiger partial charge is 0.370 e. The van der Waals surface area contributed by atoms with Crippen LogP contribution in [-0.2, 0) is 18.8 Å². The van der Waals surface area contributed by atoms with Gasteiger partial charge in [-0.3, -0.25) is 4.79 Å². The van der Waals surface area contributed by atoms with Crippen LogP contribution in [0.2, 0.25) is 0 Å². The summed E-state index contributed by atoms with van der Waals surface area (Å²) in [5, 5.41) is 3.03. The lowest BCUT2D eigenvalue weighted by Gasteiger charge is -2.31. The van der Waals surface area contributed by atoms with Gasteiger partial charge in [-0.05, 0) is 25.0 Å². The van der Waals surface area contributed by atoms with E-state index in [4.69, 9.17) is 4.74 Å². The highest BCUT2D eigenvalue weighted by Crippen LogP contribution is 2.32. The van der Waals surface area contributed by atoms with E-state index in [-0.39, 0.29) is 17.9 Å². The SMILES string of the molecule is Cn1cccc1C(=O)NC[C@@H]1CCCO[C@H]1c1nccn1C. The van der Waals surface area contributed by atoms with Gasteiger partial charge in [0.2, 0.25) is 0 Å². The average molecular weight is 302 g/mol. The maximum atomic E-state index is 12.2. The van der Waals surface area contributed by atoms with Gasteiger partial charge < -0.3 is 19.2 Å². The second-order valence-corrected chi connectivity index (χ2v) is 5.80. The molecule has 2 aromatic heterocycles. The summed E-state index contributed by atoms with van der Waals surface area (Å²) >= 11 is 0. The second kappa shape index (κ2) is 6.36. The van der Waals surface area contributed by atoms with Gasteiger partial charge in [0.1, 0.15) is 17.6 Å². The van der Waals surface area contributed by atoms with E-state index in [0.717, 1.165) is 25.3 Å². The Morgan fingerprint density at radius 2 is 2.27 bits per heavy atom. The van der Waals surface area contributed by atoms with Crippen molar-refractivity contribution >= 4 is 5.91 Å². The molecule has 3 heterocycles. The summed E-state index contributed by atoms with van der Waals surface area (Å²) in [5.41, 5.74) is 0.672. The predicted molar refractivity (Wildman–Crippen MR) is 82.4 cm³/mol. The van der Waals surface area contributed by atoms with Gasteiger partial charge in [-0.15, -0.1) is 0 Å². The van der Waals surface area contributed by atoms with Crippen molar-refractivity contribution in [3.8, 4) is 0 Å². The third-order valence-corrected chi connectivity index (χ3v) is 4.26. The molecular formula is C16H22N4O2. The first-order valence-corrected chi connectivity index (χ1v) is 7.65. The van der Waals surface area contributed by atoms with Gasteiger partial charge in [-0.2, -0.15) is 0 Å². The molecule has 6 nitrogen and oxygen atoms in total. The van der Waals surface area contributed by atoms with E-state index in [1.165, 1.54) is 0 Å². The number of nitrogens with zero attached hydrogens (tertiary/aromatic N) is 3. The molecule has 118 valence electrons. The summed E-state index contributed by atoms with van der Waals surface area (Å²) in [6, 6.07) is 3.69. The molecule has 3 rings (SSSR count). The zero-order valence-corrected chi connectivity index (χ0v) is 13.0. The Hall–Kier alpha value is -2.08. The Morgan fingerprint density at radius 1 is 1.41 bits per heavy atom. The number of aryl methyl sites for hydroxylation is 2. The van der Waals surface area contributed by atoms with Crippen LogP contribution in [-0.4, -0.2) is 33.2 Å². The molecule has 0 unspecified atom stereocenters. The van der Waals surface area contributed by atoms with Crippen molar-refractivity contribution in [3.63, 3.8) is 0 Å². The lowest BCUT2D eigenvalue weighted by molar-refractivity contribution is -0.0338. The van der Waals surface area contributed by atoms with Gasteiger partial charge in [0.05, 0.1) is 0 Å². The van der Waals surface area contributed by atoms with E-state index in [9.17, 15) is 4.79 Å². The summed E-state index contributed by atoms with van der Waals surface area (Å²) in [6.45, 7) is 1.35. The van der Waals surface area contributed by atoms with E-state index >= 15 is 0 Å². The Morgan fingerprint density at radius 3 is 2.95 bits per heavy atom. The molecule has 0 spiro atoms.